The van der Waals surface area contributed by atoms with Crippen LogP contribution in [0, 0.1) is 13.8 Å². The van der Waals surface area contributed by atoms with Crippen LogP contribution in [0.15, 0.2) is 12.4 Å². The van der Waals surface area contributed by atoms with Gasteiger partial charge in [0.2, 0.25) is 0 Å². The summed E-state index contributed by atoms with van der Waals surface area (Å²) in [6.45, 7) is 10.1. The van der Waals surface area contributed by atoms with E-state index in [9.17, 15) is 0 Å². The highest BCUT2D eigenvalue weighted by molar-refractivity contribution is 6.31. The lowest BCUT2D eigenvalue weighted by Crippen LogP contribution is -2.42. The summed E-state index contributed by atoms with van der Waals surface area (Å²) in [5, 5.41) is 12.3. The van der Waals surface area contributed by atoms with Gasteiger partial charge in [0, 0.05) is 5.56 Å². The highest BCUT2D eigenvalue weighted by Gasteiger charge is 2.52. The zero-order chi connectivity index (χ0) is 17.8. The van der Waals surface area contributed by atoms with Gasteiger partial charge in [-0.25, -0.2) is 0 Å². The highest BCUT2D eigenvalue weighted by atomic mass is 35.5. The van der Waals surface area contributed by atoms with E-state index in [4.69, 9.17) is 21.3 Å². The van der Waals surface area contributed by atoms with Crippen LogP contribution >= 0.6 is 11.6 Å². The van der Waals surface area contributed by atoms with Gasteiger partial charge < -0.3 is 14.6 Å². The Kier molecular flexibility index (Phi) is 3.90. The molecule has 1 unspecified atom stereocenters. The van der Waals surface area contributed by atoms with Gasteiger partial charge in [-0.15, -0.1) is 10.2 Å². The Labute approximate surface area is 153 Å². The lowest BCUT2D eigenvalue weighted by Gasteiger charge is -2.38. The molecule has 1 N–H and O–H groups in total. The average molecular weight is 362 g/mol. The van der Waals surface area contributed by atoms with E-state index < -0.39 is 0 Å². The second-order valence-corrected chi connectivity index (χ2v) is 8.04. The summed E-state index contributed by atoms with van der Waals surface area (Å²) in [5.41, 5.74) is 2.33. The van der Waals surface area contributed by atoms with Crippen molar-refractivity contribution in [1.29, 1.82) is 0 Å². The predicted octanol–water partition coefficient (Wildman–Crippen LogP) is 3.03. The van der Waals surface area contributed by atoms with E-state index in [1.54, 1.807) is 6.33 Å². The molecule has 1 atom stereocenters. The molecule has 0 aliphatic carbocycles. The lowest BCUT2D eigenvalue weighted by atomic mass is 9.86. The standard InChI is InChI=1S/C18H24ClN5O/c1-11-14(19)9-13-15(22-11)18(5-7-20-8-6-18)25-16(13)17(3,4)24-10-21-23-12(24)2/h9-10,16,20H,5-8H2,1-4H3. The molecule has 1 spiro atoms. The first-order chi connectivity index (χ1) is 11.8. The molecular formula is C18H24ClN5O. The number of rotatable bonds is 2. The number of aryl methyl sites for hydroxylation is 2. The Bertz CT molecular complexity index is 810. The normalized spacial score (nSPS) is 22.4. The number of nitrogens with one attached hydrogen (secondary N) is 1. The van der Waals surface area contributed by atoms with Gasteiger partial charge in [0.05, 0.1) is 21.9 Å². The third-order valence-electron chi connectivity index (χ3n) is 5.63. The summed E-state index contributed by atoms with van der Waals surface area (Å²) in [6, 6.07) is 2.04. The molecule has 4 rings (SSSR count). The van der Waals surface area contributed by atoms with E-state index in [-0.39, 0.29) is 17.2 Å². The van der Waals surface area contributed by atoms with Crippen molar-refractivity contribution < 1.29 is 4.74 Å². The van der Waals surface area contributed by atoms with E-state index in [0.717, 1.165) is 48.7 Å². The molecule has 25 heavy (non-hydrogen) atoms. The predicted molar refractivity (Wildman–Crippen MR) is 95.7 cm³/mol. The molecule has 2 aromatic rings. The molecule has 134 valence electrons. The van der Waals surface area contributed by atoms with Gasteiger partial charge in [0.25, 0.3) is 0 Å². The van der Waals surface area contributed by atoms with Crippen molar-refractivity contribution >= 4 is 11.6 Å². The van der Waals surface area contributed by atoms with E-state index >= 15 is 0 Å². The summed E-state index contributed by atoms with van der Waals surface area (Å²) in [7, 11) is 0. The van der Waals surface area contributed by atoms with Crippen LogP contribution in [0.25, 0.3) is 0 Å². The minimum absolute atomic E-state index is 0.152. The SMILES string of the molecule is Cc1nc2c(cc1Cl)C(C(C)(C)n1cnnc1C)OC21CCNCC1. The van der Waals surface area contributed by atoms with Crippen LogP contribution in [0.5, 0.6) is 0 Å². The highest BCUT2D eigenvalue weighted by Crippen LogP contribution is 2.53. The van der Waals surface area contributed by atoms with Crippen molar-refractivity contribution in [2.24, 2.45) is 0 Å². The van der Waals surface area contributed by atoms with E-state index in [2.05, 4.69) is 33.9 Å². The van der Waals surface area contributed by atoms with Crippen molar-refractivity contribution in [2.75, 3.05) is 13.1 Å². The first-order valence-corrected chi connectivity index (χ1v) is 9.16. The molecular weight excluding hydrogens is 338 g/mol. The molecule has 4 heterocycles. The fourth-order valence-corrected chi connectivity index (χ4v) is 4.36. The largest absolute Gasteiger partial charge is 0.358 e. The second-order valence-electron chi connectivity index (χ2n) is 7.64. The van der Waals surface area contributed by atoms with Crippen LogP contribution in [-0.2, 0) is 15.9 Å². The molecule has 2 aromatic heterocycles. The number of ether oxygens (including phenoxy) is 1. The quantitative estimate of drug-likeness (QED) is 0.890. The molecule has 0 saturated carbocycles. The zero-order valence-electron chi connectivity index (χ0n) is 15.1. The summed E-state index contributed by atoms with van der Waals surface area (Å²) >= 11 is 6.43. The van der Waals surface area contributed by atoms with Gasteiger partial charge in [-0.05, 0) is 59.7 Å². The van der Waals surface area contributed by atoms with Crippen molar-refractivity contribution in [3.05, 3.63) is 40.2 Å². The maximum Gasteiger partial charge on any atom is 0.130 e. The van der Waals surface area contributed by atoms with Crippen LogP contribution in [0.1, 0.15) is 55.6 Å². The Balaban J connectivity index is 1.86. The van der Waals surface area contributed by atoms with E-state index in [1.165, 1.54) is 0 Å². The Hall–Kier alpha value is -1.50. The Morgan fingerprint density at radius 2 is 2.04 bits per heavy atom. The first-order valence-electron chi connectivity index (χ1n) is 8.78. The second kappa shape index (κ2) is 5.76. The summed E-state index contributed by atoms with van der Waals surface area (Å²) in [4.78, 5) is 4.87. The van der Waals surface area contributed by atoms with E-state index in [1.807, 2.05) is 19.9 Å². The third kappa shape index (κ3) is 2.50. The van der Waals surface area contributed by atoms with Gasteiger partial charge in [0.15, 0.2) is 0 Å². The fraction of sp³-hybridized carbons (Fsp3) is 0.611. The zero-order valence-corrected chi connectivity index (χ0v) is 15.9. The number of nitrogens with zero attached hydrogens (tertiary/aromatic N) is 4. The van der Waals surface area contributed by atoms with Gasteiger partial charge in [-0.3, -0.25) is 4.98 Å². The number of fused-ring (bicyclic) bond motifs is 2. The topological polar surface area (TPSA) is 64.9 Å². The third-order valence-corrected chi connectivity index (χ3v) is 6.01. The van der Waals surface area contributed by atoms with Crippen LogP contribution in [-0.4, -0.2) is 32.8 Å². The van der Waals surface area contributed by atoms with Gasteiger partial charge >= 0.3 is 0 Å². The fourth-order valence-electron chi connectivity index (χ4n) is 4.20. The lowest BCUT2D eigenvalue weighted by molar-refractivity contribution is -0.131. The smallest absolute Gasteiger partial charge is 0.130 e. The Morgan fingerprint density at radius 1 is 1.32 bits per heavy atom. The molecule has 0 amide bonds. The van der Waals surface area contributed by atoms with E-state index in [0.29, 0.717) is 5.02 Å². The van der Waals surface area contributed by atoms with Crippen molar-refractivity contribution in [3.63, 3.8) is 0 Å². The van der Waals surface area contributed by atoms with Crippen molar-refractivity contribution in [2.45, 2.75) is 57.8 Å². The van der Waals surface area contributed by atoms with Gasteiger partial charge in [-0.1, -0.05) is 11.6 Å². The van der Waals surface area contributed by atoms with Gasteiger partial charge in [0.1, 0.15) is 23.9 Å². The Morgan fingerprint density at radius 3 is 2.68 bits per heavy atom. The molecule has 2 aliphatic heterocycles. The molecule has 0 radical (unpaired) electrons. The summed E-state index contributed by atoms with van der Waals surface area (Å²) < 4.78 is 8.86. The maximum absolute atomic E-state index is 6.78. The maximum atomic E-state index is 6.78. The van der Waals surface area contributed by atoms with Crippen molar-refractivity contribution in [1.82, 2.24) is 25.1 Å². The monoisotopic (exact) mass is 361 g/mol. The average Bonchev–Trinajstić information content (AvgIpc) is 3.13. The van der Waals surface area contributed by atoms with Crippen LogP contribution < -0.4 is 5.32 Å². The number of pyridine rings is 1. The summed E-state index contributed by atoms with van der Waals surface area (Å²) in [6.07, 6.45) is 3.46. The number of aromatic nitrogens is 4. The van der Waals surface area contributed by atoms with Crippen LogP contribution in [0.2, 0.25) is 5.02 Å². The van der Waals surface area contributed by atoms with Crippen LogP contribution in [0.3, 0.4) is 0 Å². The number of hydrogen-bond acceptors (Lipinski definition) is 5. The first kappa shape index (κ1) is 16.9. The molecule has 0 aromatic carbocycles. The van der Waals surface area contributed by atoms with Crippen molar-refractivity contribution in [3.8, 4) is 0 Å². The molecule has 7 heteroatoms. The molecule has 0 bridgehead atoms. The molecule has 6 nitrogen and oxygen atoms in total. The molecule has 1 saturated heterocycles. The molecule has 1 fully saturated rings. The number of hydrogen-bond donors (Lipinski definition) is 1. The van der Waals surface area contributed by atoms with Crippen LogP contribution in [0.4, 0.5) is 0 Å². The number of halogens is 1. The number of piperidine rings is 1. The minimum Gasteiger partial charge on any atom is -0.358 e. The molecule has 2 aliphatic rings. The summed E-state index contributed by atoms with van der Waals surface area (Å²) in [5.74, 6) is 0.868. The van der Waals surface area contributed by atoms with Gasteiger partial charge in [-0.2, -0.15) is 0 Å². The minimum atomic E-state index is -0.350.